The Morgan fingerprint density at radius 1 is 1.06 bits per heavy atom. The molecule has 1 aliphatic rings. The van der Waals surface area contributed by atoms with E-state index in [4.69, 9.17) is 0 Å². The molecule has 1 aliphatic heterocycles. The zero-order valence-electron chi connectivity index (χ0n) is 12.1. The standard InChI is InChI=1S/C13H20N2.C2H6/c1-9(2)13-5-11-7-15(10(3)4)8-12(11)6-14-13;1-2/h5-6,9-10H,7-8H2,1-4H3;1-2H3. The third-order valence-corrected chi connectivity index (χ3v) is 3.17. The van der Waals surface area contributed by atoms with E-state index >= 15 is 0 Å². The van der Waals surface area contributed by atoms with Crippen molar-refractivity contribution in [1.29, 1.82) is 0 Å². The van der Waals surface area contributed by atoms with Crippen LogP contribution in [0.15, 0.2) is 12.3 Å². The minimum absolute atomic E-state index is 0.531. The van der Waals surface area contributed by atoms with Crippen molar-refractivity contribution in [2.24, 2.45) is 0 Å². The lowest BCUT2D eigenvalue weighted by Gasteiger charge is -2.18. The molecule has 96 valence electrons. The van der Waals surface area contributed by atoms with Gasteiger partial charge in [-0.2, -0.15) is 0 Å². The van der Waals surface area contributed by atoms with Crippen LogP contribution in [-0.4, -0.2) is 15.9 Å². The number of fused-ring (bicyclic) bond motifs is 1. The molecule has 17 heavy (non-hydrogen) atoms. The number of aromatic nitrogens is 1. The normalized spacial score (nSPS) is 14.8. The van der Waals surface area contributed by atoms with Crippen molar-refractivity contribution in [3.8, 4) is 0 Å². The molecular weight excluding hydrogens is 208 g/mol. The van der Waals surface area contributed by atoms with Crippen molar-refractivity contribution in [3.63, 3.8) is 0 Å². The van der Waals surface area contributed by atoms with E-state index in [1.807, 2.05) is 13.8 Å². The molecule has 2 heteroatoms. The summed E-state index contributed by atoms with van der Waals surface area (Å²) in [7, 11) is 0. The highest BCUT2D eigenvalue weighted by Crippen LogP contribution is 2.26. The number of rotatable bonds is 2. The van der Waals surface area contributed by atoms with E-state index in [0.29, 0.717) is 12.0 Å². The SMILES string of the molecule is CC.CC(C)c1cc2c(cn1)CN(C(C)C)C2. The largest absolute Gasteiger partial charge is 0.292 e. The van der Waals surface area contributed by atoms with E-state index in [0.717, 1.165) is 13.1 Å². The fraction of sp³-hybridized carbons (Fsp3) is 0.667. The Morgan fingerprint density at radius 2 is 1.65 bits per heavy atom. The summed E-state index contributed by atoms with van der Waals surface area (Å²) in [4.78, 5) is 7.00. The van der Waals surface area contributed by atoms with Gasteiger partial charge in [-0.15, -0.1) is 0 Å². The minimum Gasteiger partial charge on any atom is -0.292 e. The molecule has 1 aromatic rings. The molecule has 2 nitrogen and oxygen atoms in total. The van der Waals surface area contributed by atoms with Gasteiger partial charge in [0.05, 0.1) is 0 Å². The first-order chi connectivity index (χ1) is 8.08. The molecule has 0 spiro atoms. The van der Waals surface area contributed by atoms with E-state index < -0.39 is 0 Å². The van der Waals surface area contributed by atoms with Crippen LogP contribution in [0.1, 0.15) is 64.3 Å². The van der Waals surface area contributed by atoms with Crippen LogP contribution < -0.4 is 0 Å². The lowest BCUT2D eigenvalue weighted by molar-refractivity contribution is 0.227. The fourth-order valence-electron chi connectivity index (χ4n) is 2.01. The lowest BCUT2D eigenvalue weighted by atomic mass is 10.1. The van der Waals surface area contributed by atoms with Gasteiger partial charge in [0.25, 0.3) is 0 Å². The molecule has 0 atom stereocenters. The summed E-state index contributed by atoms with van der Waals surface area (Å²) in [5.74, 6) is 0.531. The quantitative estimate of drug-likeness (QED) is 0.770. The van der Waals surface area contributed by atoms with Gasteiger partial charge in [-0.3, -0.25) is 9.88 Å². The molecule has 0 N–H and O–H groups in total. The number of pyridine rings is 1. The summed E-state index contributed by atoms with van der Waals surface area (Å²) in [5.41, 5.74) is 4.11. The average molecular weight is 234 g/mol. The molecule has 0 bridgehead atoms. The van der Waals surface area contributed by atoms with Gasteiger partial charge >= 0.3 is 0 Å². The zero-order chi connectivity index (χ0) is 13.0. The molecule has 0 saturated carbocycles. The average Bonchev–Trinajstić information content (AvgIpc) is 2.74. The van der Waals surface area contributed by atoms with Crippen LogP contribution in [0.2, 0.25) is 0 Å². The second-order valence-electron chi connectivity index (χ2n) is 5.03. The summed E-state index contributed by atoms with van der Waals surface area (Å²) in [6.45, 7) is 15.1. The summed E-state index contributed by atoms with van der Waals surface area (Å²) < 4.78 is 0. The fourth-order valence-corrected chi connectivity index (χ4v) is 2.01. The van der Waals surface area contributed by atoms with Gasteiger partial charge in [-0.25, -0.2) is 0 Å². The second kappa shape index (κ2) is 6.15. The third kappa shape index (κ3) is 3.29. The molecule has 0 aliphatic carbocycles. The topological polar surface area (TPSA) is 16.1 Å². The summed E-state index contributed by atoms with van der Waals surface area (Å²) in [6, 6.07) is 2.91. The van der Waals surface area contributed by atoms with Crippen LogP contribution in [0.5, 0.6) is 0 Å². The van der Waals surface area contributed by atoms with Crippen LogP contribution in [0.25, 0.3) is 0 Å². The van der Waals surface area contributed by atoms with Crippen molar-refractivity contribution >= 4 is 0 Å². The minimum atomic E-state index is 0.531. The van der Waals surface area contributed by atoms with E-state index in [9.17, 15) is 0 Å². The van der Waals surface area contributed by atoms with Gasteiger partial charge < -0.3 is 0 Å². The maximum atomic E-state index is 4.52. The Kier molecular flexibility index (Phi) is 5.13. The number of hydrogen-bond donors (Lipinski definition) is 0. The van der Waals surface area contributed by atoms with Crippen LogP contribution in [-0.2, 0) is 13.1 Å². The lowest BCUT2D eigenvalue weighted by Crippen LogP contribution is -2.24. The molecule has 0 aromatic carbocycles. The van der Waals surface area contributed by atoms with Gasteiger partial charge in [0.15, 0.2) is 0 Å². The Labute approximate surface area is 106 Å². The summed E-state index contributed by atoms with van der Waals surface area (Å²) >= 11 is 0. The molecule has 0 radical (unpaired) electrons. The Bertz CT molecular complexity index is 356. The summed E-state index contributed by atoms with van der Waals surface area (Å²) in [6.07, 6.45) is 2.06. The Balaban J connectivity index is 0.000000686. The highest BCUT2D eigenvalue weighted by atomic mass is 15.2. The zero-order valence-corrected chi connectivity index (χ0v) is 12.1. The first-order valence-corrected chi connectivity index (χ1v) is 6.79. The van der Waals surface area contributed by atoms with Crippen molar-refractivity contribution in [2.45, 2.75) is 66.6 Å². The highest BCUT2D eigenvalue weighted by molar-refractivity contribution is 5.31. The van der Waals surface area contributed by atoms with Crippen LogP contribution in [0.3, 0.4) is 0 Å². The number of hydrogen-bond acceptors (Lipinski definition) is 2. The van der Waals surface area contributed by atoms with Crippen molar-refractivity contribution < 1.29 is 0 Å². The number of nitrogens with zero attached hydrogens (tertiary/aromatic N) is 2. The Morgan fingerprint density at radius 3 is 2.18 bits per heavy atom. The monoisotopic (exact) mass is 234 g/mol. The predicted octanol–water partition coefficient (Wildman–Crippen LogP) is 3.96. The van der Waals surface area contributed by atoms with Gasteiger partial charge in [-0.1, -0.05) is 27.7 Å². The Hall–Kier alpha value is -0.890. The maximum absolute atomic E-state index is 4.52. The molecular formula is C15H26N2. The smallest absolute Gasteiger partial charge is 0.0432 e. The van der Waals surface area contributed by atoms with Crippen molar-refractivity contribution in [2.75, 3.05) is 0 Å². The third-order valence-electron chi connectivity index (χ3n) is 3.17. The van der Waals surface area contributed by atoms with Gasteiger partial charge in [-0.05, 0) is 37.0 Å². The van der Waals surface area contributed by atoms with Crippen LogP contribution in [0, 0.1) is 0 Å². The van der Waals surface area contributed by atoms with E-state index in [-0.39, 0.29) is 0 Å². The molecule has 0 saturated heterocycles. The molecule has 1 aromatic heterocycles. The van der Waals surface area contributed by atoms with E-state index in [1.165, 1.54) is 16.8 Å². The first-order valence-electron chi connectivity index (χ1n) is 6.79. The van der Waals surface area contributed by atoms with Crippen molar-refractivity contribution in [3.05, 3.63) is 29.1 Å². The van der Waals surface area contributed by atoms with E-state index in [1.54, 1.807) is 0 Å². The molecule has 0 fully saturated rings. The second-order valence-corrected chi connectivity index (χ2v) is 5.03. The molecule has 2 heterocycles. The van der Waals surface area contributed by atoms with Gasteiger partial charge in [0.2, 0.25) is 0 Å². The van der Waals surface area contributed by atoms with Gasteiger partial charge in [0.1, 0.15) is 0 Å². The van der Waals surface area contributed by atoms with Crippen LogP contribution >= 0.6 is 0 Å². The van der Waals surface area contributed by atoms with Crippen molar-refractivity contribution in [1.82, 2.24) is 9.88 Å². The highest BCUT2D eigenvalue weighted by Gasteiger charge is 2.21. The van der Waals surface area contributed by atoms with Crippen LogP contribution in [0.4, 0.5) is 0 Å². The first kappa shape index (κ1) is 14.2. The van der Waals surface area contributed by atoms with Gasteiger partial charge in [0, 0.05) is 31.0 Å². The maximum Gasteiger partial charge on any atom is 0.0432 e. The molecule has 0 unspecified atom stereocenters. The molecule has 2 rings (SSSR count). The van der Waals surface area contributed by atoms with E-state index in [2.05, 4.69) is 49.8 Å². The predicted molar refractivity (Wildman–Crippen MR) is 74.1 cm³/mol. The summed E-state index contributed by atoms with van der Waals surface area (Å²) in [5, 5.41) is 0. The molecule has 0 amide bonds.